The lowest BCUT2D eigenvalue weighted by atomic mass is 9.85. The summed E-state index contributed by atoms with van der Waals surface area (Å²) in [7, 11) is 0. The van der Waals surface area contributed by atoms with Gasteiger partial charge in [0.05, 0.1) is 23.2 Å². The van der Waals surface area contributed by atoms with Crippen LogP contribution in [-0.2, 0) is 4.79 Å². The van der Waals surface area contributed by atoms with Gasteiger partial charge in [0.2, 0.25) is 17.6 Å². The van der Waals surface area contributed by atoms with Gasteiger partial charge in [0, 0.05) is 31.4 Å². The van der Waals surface area contributed by atoms with Crippen LogP contribution < -0.4 is 10.2 Å². The molecule has 1 saturated carbocycles. The van der Waals surface area contributed by atoms with E-state index in [1.165, 1.54) is 6.42 Å². The highest BCUT2D eigenvalue weighted by atomic mass is 16.5. The van der Waals surface area contributed by atoms with E-state index in [-0.39, 0.29) is 17.9 Å². The SMILES string of the molecule is C[C@H](NC(=O)[C@H]1CCCN(c2ncccc2-c2noc(C3CCC3)n2)C1)c1ccccn1. The van der Waals surface area contributed by atoms with Gasteiger partial charge in [-0.05, 0) is 56.9 Å². The molecule has 1 aliphatic heterocycles. The smallest absolute Gasteiger partial charge is 0.230 e. The molecule has 1 amide bonds. The van der Waals surface area contributed by atoms with Crippen molar-refractivity contribution in [2.24, 2.45) is 5.92 Å². The van der Waals surface area contributed by atoms with E-state index in [0.29, 0.717) is 18.3 Å². The molecule has 8 nitrogen and oxygen atoms in total. The maximum absolute atomic E-state index is 13.0. The summed E-state index contributed by atoms with van der Waals surface area (Å²) in [5.74, 6) is 2.44. The molecule has 166 valence electrons. The van der Waals surface area contributed by atoms with Crippen LogP contribution in [0.5, 0.6) is 0 Å². The quantitative estimate of drug-likeness (QED) is 0.631. The number of nitrogens with one attached hydrogen (secondary N) is 1. The zero-order chi connectivity index (χ0) is 21.9. The highest BCUT2D eigenvalue weighted by molar-refractivity contribution is 5.80. The summed E-state index contributed by atoms with van der Waals surface area (Å²) in [6.45, 7) is 3.42. The maximum Gasteiger partial charge on any atom is 0.230 e. The standard InChI is InChI=1S/C24H28N6O2/c1-16(20-11-2-3-12-25-20)27-23(31)18-9-6-14-30(15-18)22-19(10-5-13-26-22)21-28-24(32-29-21)17-7-4-8-17/h2-3,5,10-13,16-18H,4,6-9,14-15H2,1H3,(H,27,31)/t16-,18-/m0/s1. The molecule has 8 heteroatoms. The van der Waals surface area contributed by atoms with Crippen LogP contribution >= 0.6 is 0 Å². The molecule has 1 N–H and O–H groups in total. The van der Waals surface area contributed by atoms with E-state index < -0.39 is 0 Å². The fraction of sp³-hybridized carbons (Fsp3) is 0.458. The molecule has 0 aromatic carbocycles. The van der Waals surface area contributed by atoms with Gasteiger partial charge >= 0.3 is 0 Å². The Morgan fingerprint density at radius 1 is 1.12 bits per heavy atom. The number of rotatable bonds is 6. The fourth-order valence-electron chi connectivity index (χ4n) is 4.41. The van der Waals surface area contributed by atoms with Gasteiger partial charge < -0.3 is 14.7 Å². The second-order valence-electron chi connectivity index (χ2n) is 8.73. The van der Waals surface area contributed by atoms with Crippen LogP contribution in [0.15, 0.2) is 47.2 Å². The molecule has 2 atom stereocenters. The number of aromatic nitrogens is 4. The van der Waals surface area contributed by atoms with Crippen molar-refractivity contribution < 1.29 is 9.32 Å². The van der Waals surface area contributed by atoms with Crippen LogP contribution in [0.1, 0.15) is 62.6 Å². The van der Waals surface area contributed by atoms with E-state index in [2.05, 4.69) is 30.3 Å². The summed E-state index contributed by atoms with van der Waals surface area (Å²) in [4.78, 5) is 28.8. The Kier molecular flexibility index (Phi) is 5.83. The van der Waals surface area contributed by atoms with E-state index in [9.17, 15) is 4.79 Å². The van der Waals surface area contributed by atoms with E-state index >= 15 is 0 Å². The lowest BCUT2D eigenvalue weighted by Gasteiger charge is -2.34. The minimum Gasteiger partial charge on any atom is -0.355 e. The molecule has 32 heavy (non-hydrogen) atoms. The van der Waals surface area contributed by atoms with Gasteiger partial charge in [0.1, 0.15) is 5.82 Å². The van der Waals surface area contributed by atoms with Crippen molar-refractivity contribution in [3.63, 3.8) is 0 Å². The van der Waals surface area contributed by atoms with Crippen molar-refractivity contribution >= 4 is 11.7 Å². The predicted octanol–water partition coefficient (Wildman–Crippen LogP) is 3.89. The van der Waals surface area contributed by atoms with Crippen LogP contribution in [0.3, 0.4) is 0 Å². The van der Waals surface area contributed by atoms with Gasteiger partial charge in [-0.2, -0.15) is 4.98 Å². The first-order chi connectivity index (χ1) is 15.7. The fourth-order valence-corrected chi connectivity index (χ4v) is 4.41. The first kappa shape index (κ1) is 20.6. The normalized spacial score (nSPS) is 19.9. The van der Waals surface area contributed by atoms with Crippen LogP contribution in [-0.4, -0.2) is 39.1 Å². The number of amides is 1. The Morgan fingerprint density at radius 3 is 2.78 bits per heavy atom. The van der Waals surface area contributed by atoms with Gasteiger partial charge in [0.25, 0.3) is 0 Å². The molecule has 3 aromatic rings. The molecule has 0 bridgehead atoms. The second-order valence-corrected chi connectivity index (χ2v) is 8.73. The summed E-state index contributed by atoms with van der Waals surface area (Å²) < 4.78 is 5.53. The van der Waals surface area contributed by atoms with Crippen LogP contribution in [0.25, 0.3) is 11.4 Å². The third kappa shape index (κ3) is 4.22. The molecule has 0 spiro atoms. The number of carbonyl (C=O) groups excluding carboxylic acids is 1. The predicted molar refractivity (Wildman–Crippen MR) is 120 cm³/mol. The first-order valence-corrected chi connectivity index (χ1v) is 11.4. The number of piperidine rings is 1. The Hall–Kier alpha value is -3.29. The Bertz CT molecular complexity index is 1070. The van der Waals surface area contributed by atoms with Gasteiger partial charge in [0.15, 0.2) is 0 Å². The van der Waals surface area contributed by atoms with E-state index in [1.54, 1.807) is 12.4 Å². The molecule has 2 aliphatic rings. The lowest BCUT2D eigenvalue weighted by Crippen LogP contribution is -2.44. The number of hydrogen-bond acceptors (Lipinski definition) is 7. The van der Waals surface area contributed by atoms with Gasteiger partial charge in [-0.25, -0.2) is 4.98 Å². The highest BCUT2D eigenvalue weighted by Crippen LogP contribution is 2.37. The van der Waals surface area contributed by atoms with Crippen LogP contribution in [0.2, 0.25) is 0 Å². The summed E-state index contributed by atoms with van der Waals surface area (Å²) in [6, 6.07) is 9.48. The largest absolute Gasteiger partial charge is 0.355 e. The zero-order valence-electron chi connectivity index (χ0n) is 18.3. The molecule has 0 unspecified atom stereocenters. The molecule has 3 aromatic heterocycles. The average Bonchev–Trinajstić information content (AvgIpc) is 3.28. The second kappa shape index (κ2) is 9.06. The number of carbonyl (C=O) groups is 1. The maximum atomic E-state index is 13.0. The van der Waals surface area contributed by atoms with E-state index in [1.807, 2.05) is 37.3 Å². The van der Waals surface area contributed by atoms with Crippen molar-refractivity contribution in [3.05, 3.63) is 54.3 Å². The monoisotopic (exact) mass is 432 g/mol. The van der Waals surface area contributed by atoms with E-state index in [0.717, 1.165) is 55.2 Å². The first-order valence-electron chi connectivity index (χ1n) is 11.4. The molecule has 1 saturated heterocycles. The van der Waals surface area contributed by atoms with Crippen molar-refractivity contribution in [1.29, 1.82) is 0 Å². The minimum atomic E-state index is -0.131. The number of anilines is 1. The van der Waals surface area contributed by atoms with Crippen molar-refractivity contribution in [2.75, 3.05) is 18.0 Å². The number of nitrogens with zero attached hydrogens (tertiary/aromatic N) is 5. The van der Waals surface area contributed by atoms with E-state index in [4.69, 9.17) is 4.52 Å². The van der Waals surface area contributed by atoms with Crippen molar-refractivity contribution in [2.45, 2.75) is 51.0 Å². The van der Waals surface area contributed by atoms with Crippen LogP contribution in [0.4, 0.5) is 5.82 Å². The van der Waals surface area contributed by atoms with Crippen molar-refractivity contribution in [1.82, 2.24) is 25.4 Å². The molecular formula is C24H28N6O2. The minimum absolute atomic E-state index is 0.0529. The topological polar surface area (TPSA) is 97.0 Å². The summed E-state index contributed by atoms with van der Waals surface area (Å²) in [6.07, 6.45) is 8.74. The number of hydrogen-bond donors (Lipinski definition) is 1. The third-order valence-corrected chi connectivity index (χ3v) is 6.51. The summed E-state index contributed by atoms with van der Waals surface area (Å²) in [5, 5.41) is 7.36. The third-order valence-electron chi connectivity index (χ3n) is 6.51. The molecule has 2 fully saturated rings. The molecule has 5 rings (SSSR count). The van der Waals surface area contributed by atoms with Gasteiger partial charge in [-0.15, -0.1) is 0 Å². The highest BCUT2D eigenvalue weighted by Gasteiger charge is 2.30. The molecule has 1 aliphatic carbocycles. The zero-order valence-corrected chi connectivity index (χ0v) is 18.3. The molecular weight excluding hydrogens is 404 g/mol. The molecule has 4 heterocycles. The summed E-state index contributed by atoms with van der Waals surface area (Å²) >= 11 is 0. The number of pyridine rings is 2. The van der Waals surface area contributed by atoms with Gasteiger partial charge in [-0.3, -0.25) is 9.78 Å². The average molecular weight is 433 g/mol. The van der Waals surface area contributed by atoms with Crippen LogP contribution in [0, 0.1) is 5.92 Å². The Balaban J connectivity index is 1.30. The summed E-state index contributed by atoms with van der Waals surface area (Å²) in [5.41, 5.74) is 1.71. The Morgan fingerprint density at radius 2 is 2.00 bits per heavy atom. The molecule has 0 radical (unpaired) electrons. The Labute approximate surface area is 187 Å². The lowest BCUT2D eigenvalue weighted by molar-refractivity contribution is -0.125. The van der Waals surface area contributed by atoms with Gasteiger partial charge in [-0.1, -0.05) is 17.6 Å². The van der Waals surface area contributed by atoms with Crippen molar-refractivity contribution in [3.8, 4) is 11.4 Å².